The molecule has 2 aromatic carbocycles. The summed E-state index contributed by atoms with van der Waals surface area (Å²) in [5.74, 6) is 0.335. The molecule has 0 amide bonds. The molecular weight excluding hydrogens is 290 g/mol. The molecule has 1 aromatic heterocycles. The number of para-hydroxylation sites is 1. The topological polar surface area (TPSA) is 48.4 Å². The van der Waals surface area contributed by atoms with Crippen LogP contribution in [0.25, 0.3) is 10.9 Å². The molecule has 0 bridgehead atoms. The zero-order chi connectivity index (χ0) is 16.2. The van der Waals surface area contributed by atoms with E-state index >= 15 is 0 Å². The van der Waals surface area contributed by atoms with Crippen LogP contribution in [0.4, 0.5) is 0 Å². The molecule has 0 aliphatic heterocycles. The molecule has 0 saturated heterocycles. The Morgan fingerprint density at radius 2 is 1.83 bits per heavy atom. The van der Waals surface area contributed by atoms with Crippen molar-refractivity contribution in [2.24, 2.45) is 0 Å². The quantitative estimate of drug-likeness (QED) is 0.679. The molecule has 0 aliphatic rings. The van der Waals surface area contributed by atoms with Gasteiger partial charge in [-0.3, -0.25) is 4.98 Å². The Bertz CT molecular complexity index is 827. The van der Waals surface area contributed by atoms with Crippen LogP contribution in [0.5, 0.6) is 5.75 Å². The number of nitrogens with zero attached hydrogens (tertiary/aromatic N) is 1. The van der Waals surface area contributed by atoms with Crippen molar-refractivity contribution < 1.29 is 14.3 Å². The molecule has 116 valence electrons. The number of benzene rings is 2. The molecule has 3 rings (SSSR count). The summed E-state index contributed by atoms with van der Waals surface area (Å²) in [6.07, 6.45) is 1.37. The molecule has 0 N–H and O–H groups in total. The Labute approximate surface area is 134 Å². The van der Waals surface area contributed by atoms with Gasteiger partial charge < -0.3 is 9.47 Å². The summed E-state index contributed by atoms with van der Waals surface area (Å²) in [4.78, 5) is 16.6. The van der Waals surface area contributed by atoms with Gasteiger partial charge in [0.2, 0.25) is 0 Å². The highest BCUT2D eigenvalue weighted by Gasteiger charge is 2.14. The van der Waals surface area contributed by atoms with E-state index in [0.717, 1.165) is 16.5 Å². The number of aromatic nitrogens is 1. The number of carbonyl (C=O) groups is 1. The maximum absolute atomic E-state index is 12.2. The number of esters is 1. The Morgan fingerprint density at radius 3 is 2.57 bits per heavy atom. The van der Waals surface area contributed by atoms with Crippen molar-refractivity contribution >= 4 is 16.9 Å². The van der Waals surface area contributed by atoms with E-state index in [1.165, 1.54) is 0 Å². The first-order valence-electron chi connectivity index (χ1n) is 7.37. The molecule has 4 heteroatoms. The molecule has 1 unspecified atom stereocenters. The Morgan fingerprint density at radius 1 is 1.09 bits per heavy atom. The molecule has 0 spiro atoms. The minimum absolute atomic E-state index is 0.367. The average Bonchev–Trinajstić information content (AvgIpc) is 2.61. The van der Waals surface area contributed by atoms with E-state index in [1.807, 2.05) is 37.3 Å². The summed E-state index contributed by atoms with van der Waals surface area (Å²) < 4.78 is 10.6. The minimum Gasteiger partial charge on any atom is -0.497 e. The normalized spacial score (nSPS) is 11.9. The van der Waals surface area contributed by atoms with Crippen LogP contribution in [0, 0.1) is 0 Å². The van der Waals surface area contributed by atoms with E-state index in [4.69, 9.17) is 9.47 Å². The Balaban J connectivity index is 1.76. The fraction of sp³-hybridized carbons (Fsp3) is 0.158. The lowest BCUT2D eigenvalue weighted by Gasteiger charge is -2.14. The van der Waals surface area contributed by atoms with Crippen LogP contribution in [0.15, 0.2) is 60.8 Å². The zero-order valence-electron chi connectivity index (χ0n) is 13.0. The molecule has 0 fully saturated rings. The van der Waals surface area contributed by atoms with Gasteiger partial charge in [0.1, 0.15) is 11.9 Å². The lowest BCUT2D eigenvalue weighted by molar-refractivity contribution is 0.0337. The van der Waals surface area contributed by atoms with Gasteiger partial charge in [-0.15, -0.1) is 0 Å². The highest BCUT2D eigenvalue weighted by Crippen LogP contribution is 2.22. The highest BCUT2D eigenvalue weighted by molar-refractivity contribution is 5.89. The van der Waals surface area contributed by atoms with Crippen LogP contribution >= 0.6 is 0 Å². The number of pyridine rings is 1. The van der Waals surface area contributed by atoms with Crippen molar-refractivity contribution in [1.29, 1.82) is 0 Å². The van der Waals surface area contributed by atoms with Crippen molar-refractivity contribution in [1.82, 2.24) is 4.98 Å². The van der Waals surface area contributed by atoms with E-state index in [9.17, 15) is 4.79 Å². The predicted octanol–water partition coefficient (Wildman–Crippen LogP) is 4.16. The Kier molecular flexibility index (Phi) is 4.24. The molecule has 4 nitrogen and oxygen atoms in total. The smallest absolute Gasteiger partial charge is 0.338 e. The van der Waals surface area contributed by atoms with Gasteiger partial charge in [-0.1, -0.05) is 18.2 Å². The van der Waals surface area contributed by atoms with Gasteiger partial charge in [0.15, 0.2) is 0 Å². The number of ether oxygens (including phenoxy) is 2. The summed E-state index contributed by atoms with van der Waals surface area (Å²) in [5.41, 5.74) is 2.28. The summed E-state index contributed by atoms with van der Waals surface area (Å²) >= 11 is 0. The second kappa shape index (κ2) is 6.48. The number of hydrogen-bond acceptors (Lipinski definition) is 4. The first kappa shape index (κ1) is 15.0. The van der Waals surface area contributed by atoms with Crippen molar-refractivity contribution in [2.75, 3.05) is 7.11 Å². The largest absolute Gasteiger partial charge is 0.497 e. The summed E-state index contributed by atoms with van der Waals surface area (Å²) in [5, 5.41) is 1.03. The first-order chi connectivity index (χ1) is 11.2. The van der Waals surface area contributed by atoms with E-state index in [-0.39, 0.29) is 12.1 Å². The van der Waals surface area contributed by atoms with Gasteiger partial charge in [0.05, 0.1) is 18.2 Å². The van der Waals surface area contributed by atoms with Crippen LogP contribution in [-0.4, -0.2) is 18.1 Å². The monoisotopic (exact) mass is 307 g/mol. The van der Waals surface area contributed by atoms with Gasteiger partial charge in [-0.25, -0.2) is 4.79 Å². The summed E-state index contributed by atoms with van der Waals surface area (Å²) in [6.45, 7) is 1.84. The molecule has 0 radical (unpaired) electrons. The maximum atomic E-state index is 12.2. The molecular formula is C19H17NO3. The van der Waals surface area contributed by atoms with Gasteiger partial charge in [-0.05, 0) is 43.3 Å². The molecule has 3 aromatic rings. The van der Waals surface area contributed by atoms with E-state index in [1.54, 1.807) is 37.6 Å². The number of methoxy groups -OCH3 is 1. The highest BCUT2D eigenvalue weighted by atomic mass is 16.5. The van der Waals surface area contributed by atoms with Gasteiger partial charge >= 0.3 is 5.97 Å². The van der Waals surface area contributed by atoms with Crippen LogP contribution in [0.2, 0.25) is 0 Å². The van der Waals surface area contributed by atoms with E-state index in [0.29, 0.717) is 11.3 Å². The van der Waals surface area contributed by atoms with Crippen LogP contribution in [0.3, 0.4) is 0 Å². The minimum atomic E-state index is -0.373. The maximum Gasteiger partial charge on any atom is 0.338 e. The molecule has 23 heavy (non-hydrogen) atoms. The molecule has 0 saturated carbocycles. The van der Waals surface area contributed by atoms with Crippen LogP contribution in [-0.2, 0) is 4.74 Å². The predicted molar refractivity (Wildman–Crippen MR) is 88.6 cm³/mol. The third kappa shape index (κ3) is 3.31. The average molecular weight is 307 g/mol. The summed E-state index contributed by atoms with van der Waals surface area (Å²) in [7, 11) is 1.59. The van der Waals surface area contributed by atoms with Gasteiger partial charge in [0, 0.05) is 17.1 Å². The number of fused-ring (bicyclic) bond motifs is 1. The zero-order valence-corrected chi connectivity index (χ0v) is 13.0. The fourth-order valence-electron chi connectivity index (χ4n) is 2.33. The first-order valence-corrected chi connectivity index (χ1v) is 7.37. The third-order valence-electron chi connectivity index (χ3n) is 3.69. The van der Waals surface area contributed by atoms with Gasteiger partial charge in [0.25, 0.3) is 0 Å². The fourth-order valence-corrected chi connectivity index (χ4v) is 2.33. The van der Waals surface area contributed by atoms with Crippen molar-refractivity contribution in [3.63, 3.8) is 0 Å². The number of rotatable bonds is 4. The second-order valence-corrected chi connectivity index (χ2v) is 5.24. The standard InChI is InChI=1S/C19H17NO3/c1-13(16-11-15-5-3-4-6-18(15)20-12-16)23-19(21)14-7-9-17(22-2)10-8-14/h3-13H,1-2H3. The SMILES string of the molecule is COc1ccc(C(=O)OC(C)c2cnc3ccccc3c2)cc1. The van der Waals surface area contributed by atoms with Crippen molar-refractivity contribution in [3.8, 4) is 5.75 Å². The lowest BCUT2D eigenvalue weighted by Crippen LogP contribution is -2.09. The van der Waals surface area contributed by atoms with Crippen LogP contribution < -0.4 is 4.74 Å². The summed E-state index contributed by atoms with van der Waals surface area (Å²) in [6, 6.07) is 16.7. The third-order valence-corrected chi connectivity index (χ3v) is 3.69. The molecule has 1 atom stereocenters. The second-order valence-electron chi connectivity index (χ2n) is 5.24. The van der Waals surface area contributed by atoms with E-state index < -0.39 is 0 Å². The van der Waals surface area contributed by atoms with Crippen LogP contribution in [0.1, 0.15) is 28.9 Å². The van der Waals surface area contributed by atoms with E-state index in [2.05, 4.69) is 4.98 Å². The molecule has 1 heterocycles. The van der Waals surface area contributed by atoms with Crippen molar-refractivity contribution in [3.05, 3.63) is 71.9 Å². The Hall–Kier alpha value is -2.88. The molecule has 0 aliphatic carbocycles. The van der Waals surface area contributed by atoms with Gasteiger partial charge in [-0.2, -0.15) is 0 Å². The number of hydrogen-bond donors (Lipinski definition) is 0. The lowest BCUT2D eigenvalue weighted by atomic mass is 10.1. The van der Waals surface area contributed by atoms with Crippen molar-refractivity contribution in [2.45, 2.75) is 13.0 Å². The number of carbonyl (C=O) groups excluding carboxylic acids is 1.